The number of fused-ring (bicyclic) bond motifs is 1. The van der Waals surface area contributed by atoms with Crippen molar-refractivity contribution in [2.45, 2.75) is 31.5 Å². The Hall–Kier alpha value is -0.860. The first-order chi connectivity index (χ1) is 7.40. The van der Waals surface area contributed by atoms with Gasteiger partial charge in [-0.15, -0.1) is 0 Å². The van der Waals surface area contributed by atoms with Gasteiger partial charge in [0.25, 0.3) is 0 Å². The van der Waals surface area contributed by atoms with Gasteiger partial charge >= 0.3 is 0 Å². The molecule has 1 saturated carbocycles. The van der Waals surface area contributed by atoms with Crippen LogP contribution in [0.5, 0.6) is 0 Å². The summed E-state index contributed by atoms with van der Waals surface area (Å²) >= 11 is 0. The van der Waals surface area contributed by atoms with Crippen molar-refractivity contribution in [3.8, 4) is 0 Å². The standard InChI is InChI=1S/C13H18N2/c1-14-8-13-12-5-3-2-4-10(12)9-15(13)11-6-7-11/h2-5,11,13-14H,6-9H2,1H3. The van der Waals surface area contributed by atoms with Gasteiger partial charge in [-0.3, -0.25) is 4.90 Å². The Balaban J connectivity index is 1.91. The van der Waals surface area contributed by atoms with Crippen LogP contribution in [0.4, 0.5) is 0 Å². The van der Waals surface area contributed by atoms with Crippen molar-refractivity contribution in [3.63, 3.8) is 0 Å². The molecule has 0 bridgehead atoms. The van der Waals surface area contributed by atoms with E-state index in [2.05, 4.69) is 34.5 Å². The molecule has 0 saturated heterocycles. The highest BCUT2D eigenvalue weighted by atomic mass is 15.2. The fraction of sp³-hybridized carbons (Fsp3) is 0.538. The third kappa shape index (κ3) is 1.58. The van der Waals surface area contributed by atoms with Gasteiger partial charge in [-0.05, 0) is 31.0 Å². The molecule has 1 aromatic carbocycles. The first-order valence-corrected chi connectivity index (χ1v) is 5.88. The lowest BCUT2D eigenvalue weighted by atomic mass is 10.1. The minimum Gasteiger partial charge on any atom is -0.318 e. The van der Waals surface area contributed by atoms with Gasteiger partial charge in [0.1, 0.15) is 0 Å². The zero-order valence-corrected chi connectivity index (χ0v) is 9.24. The lowest BCUT2D eigenvalue weighted by Gasteiger charge is -2.24. The molecule has 80 valence electrons. The third-order valence-electron chi connectivity index (χ3n) is 3.58. The largest absolute Gasteiger partial charge is 0.318 e. The Kier molecular flexibility index (Phi) is 2.26. The van der Waals surface area contributed by atoms with Crippen LogP contribution in [0.2, 0.25) is 0 Å². The quantitative estimate of drug-likeness (QED) is 0.805. The predicted octanol–water partition coefficient (Wildman–Crippen LogP) is 1.93. The lowest BCUT2D eigenvalue weighted by molar-refractivity contribution is 0.202. The summed E-state index contributed by atoms with van der Waals surface area (Å²) in [5, 5.41) is 3.32. The molecule has 1 heterocycles. The van der Waals surface area contributed by atoms with Crippen LogP contribution in [-0.2, 0) is 6.54 Å². The van der Waals surface area contributed by atoms with Crippen LogP contribution >= 0.6 is 0 Å². The number of likely N-dealkylation sites (N-methyl/N-ethyl adjacent to an activating group) is 1. The zero-order valence-electron chi connectivity index (χ0n) is 9.24. The van der Waals surface area contributed by atoms with Crippen molar-refractivity contribution < 1.29 is 0 Å². The van der Waals surface area contributed by atoms with Gasteiger partial charge in [0.2, 0.25) is 0 Å². The molecule has 1 aliphatic carbocycles. The first-order valence-electron chi connectivity index (χ1n) is 5.88. The third-order valence-corrected chi connectivity index (χ3v) is 3.58. The van der Waals surface area contributed by atoms with Gasteiger partial charge in [-0.1, -0.05) is 24.3 Å². The predicted molar refractivity (Wildman–Crippen MR) is 61.7 cm³/mol. The van der Waals surface area contributed by atoms with Crippen molar-refractivity contribution in [1.82, 2.24) is 10.2 Å². The fourth-order valence-electron chi connectivity index (χ4n) is 2.70. The van der Waals surface area contributed by atoms with Gasteiger partial charge in [0, 0.05) is 25.2 Å². The van der Waals surface area contributed by atoms with Crippen molar-refractivity contribution in [1.29, 1.82) is 0 Å². The van der Waals surface area contributed by atoms with E-state index >= 15 is 0 Å². The van der Waals surface area contributed by atoms with Gasteiger partial charge in [-0.25, -0.2) is 0 Å². The Labute approximate surface area is 91.3 Å². The zero-order chi connectivity index (χ0) is 10.3. The molecule has 2 heteroatoms. The SMILES string of the molecule is CNCC1c2ccccc2CN1C1CC1. The Morgan fingerprint density at radius 3 is 2.87 bits per heavy atom. The second-order valence-electron chi connectivity index (χ2n) is 4.68. The second kappa shape index (κ2) is 3.62. The highest BCUT2D eigenvalue weighted by Gasteiger charge is 2.38. The van der Waals surface area contributed by atoms with Gasteiger partial charge < -0.3 is 5.32 Å². The minimum absolute atomic E-state index is 0.610. The second-order valence-corrected chi connectivity index (χ2v) is 4.68. The average molecular weight is 202 g/mol. The van der Waals surface area contributed by atoms with Crippen molar-refractivity contribution in [2.75, 3.05) is 13.6 Å². The lowest BCUT2D eigenvalue weighted by Crippen LogP contribution is -2.31. The van der Waals surface area contributed by atoms with Crippen molar-refractivity contribution >= 4 is 0 Å². The summed E-state index contributed by atoms with van der Waals surface area (Å²) in [5.41, 5.74) is 3.07. The van der Waals surface area contributed by atoms with Gasteiger partial charge in [-0.2, -0.15) is 0 Å². The molecular weight excluding hydrogens is 184 g/mol. The summed E-state index contributed by atoms with van der Waals surface area (Å²) in [5.74, 6) is 0. The van der Waals surface area contributed by atoms with E-state index in [1.165, 1.54) is 18.4 Å². The summed E-state index contributed by atoms with van der Waals surface area (Å²) in [6, 6.07) is 10.4. The fourth-order valence-corrected chi connectivity index (χ4v) is 2.70. The molecule has 3 rings (SSSR count). The molecule has 0 radical (unpaired) electrons. The highest BCUT2D eigenvalue weighted by molar-refractivity contribution is 5.35. The van der Waals surface area contributed by atoms with Crippen LogP contribution in [0.3, 0.4) is 0 Å². The molecular formula is C13H18N2. The summed E-state index contributed by atoms with van der Waals surface area (Å²) in [7, 11) is 2.05. The molecule has 2 nitrogen and oxygen atoms in total. The molecule has 1 aromatic rings. The van der Waals surface area contributed by atoms with Crippen LogP contribution in [-0.4, -0.2) is 24.5 Å². The maximum Gasteiger partial charge on any atom is 0.0482 e. The summed E-state index contributed by atoms with van der Waals surface area (Å²) < 4.78 is 0. The normalized spacial score (nSPS) is 25.5. The first kappa shape index (κ1) is 9.37. The molecule has 1 fully saturated rings. The number of rotatable bonds is 3. The Morgan fingerprint density at radius 2 is 2.13 bits per heavy atom. The molecule has 0 spiro atoms. The number of nitrogens with zero attached hydrogens (tertiary/aromatic N) is 1. The molecule has 1 unspecified atom stereocenters. The van der Waals surface area contributed by atoms with Crippen LogP contribution in [0.15, 0.2) is 24.3 Å². The Morgan fingerprint density at radius 1 is 1.33 bits per heavy atom. The number of hydrogen-bond acceptors (Lipinski definition) is 2. The van der Waals surface area contributed by atoms with Crippen molar-refractivity contribution in [3.05, 3.63) is 35.4 Å². The maximum absolute atomic E-state index is 3.32. The summed E-state index contributed by atoms with van der Waals surface area (Å²) in [6.45, 7) is 2.24. The topological polar surface area (TPSA) is 15.3 Å². The van der Waals surface area contributed by atoms with Crippen LogP contribution in [0.25, 0.3) is 0 Å². The van der Waals surface area contributed by atoms with Crippen LogP contribution < -0.4 is 5.32 Å². The highest BCUT2D eigenvalue weighted by Crippen LogP contribution is 2.41. The monoisotopic (exact) mass is 202 g/mol. The molecule has 1 aliphatic heterocycles. The van der Waals surface area contributed by atoms with E-state index in [0.717, 1.165) is 19.1 Å². The molecule has 2 aliphatic rings. The van der Waals surface area contributed by atoms with E-state index < -0.39 is 0 Å². The van der Waals surface area contributed by atoms with Gasteiger partial charge in [0.05, 0.1) is 0 Å². The van der Waals surface area contributed by atoms with Crippen LogP contribution in [0, 0.1) is 0 Å². The Bertz CT molecular complexity index is 357. The molecule has 0 aromatic heterocycles. The van der Waals surface area contributed by atoms with E-state index in [9.17, 15) is 0 Å². The van der Waals surface area contributed by atoms with E-state index in [0.29, 0.717) is 6.04 Å². The van der Waals surface area contributed by atoms with Gasteiger partial charge in [0.15, 0.2) is 0 Å². The van der Waals surface area contributed by atoms with E-state index in [1.54, 1.807) is 5.56 Å². The average Bonchev–Trinajstić information content (AvgIpc) is 3.04. The van der Waals surface area contributed by atoms with E-state index in [4.69, 9.17) is 0 Å². The molecule has 1 N–H and O–H groups in total. The number of nitrogens with one attached hydrogen (secondary N) is 1. The molecule has 15 heavy (non-hydrogen) atoms. The van der Waals surface area contributed by atoms with E-state index in [1.807, 2.05) is 7.05 Å². The number of hydrogen-bond donors (Lipinski definition) is 1. The smallest absolute Gasteiger partial charge is 0.0482 e. The maximum atomic E-state index is 3.32. The van der Waals surface area contributed by atoms with E-state index in [-0.39, 0.29) is 0 Å². The van der Waals surface area contributed by atoms with Crippen molar-refractivity contribution in [2.24, 2.45) is 0 Å². The summed E-state index contributed by atoms with van der Waals surface area (Å²) in [6.07, 6.45) is 2.79. The minimum atomic E-state index is 0.610. The molecule has 1 atom stereocenters. The van der Waals surface area contributed by atoms with Crippen LogP contribution in [0.1, 0.15) is 30.0 Å². The summed E-state index contributed by atoms with van der Waals surface area (Å²) in [4.78, 5) is 2.67. The molecule has 0 amide bonds. The number of benzene rings is 1.